The standard InChI is InChI=1S/C20H20O6/c1-20(2)17(25)9-13-15(23)10-16(24)18(19(13)26-20)14(22)8-5-11-3-6-12(21)7-4-11/h3-8,10,17,21,23-25H,9H2,1-2H3/b8-5+. The first-order chi connectivity index (χ1) is 12.2. The fraction of sp³-hybridized carbons (Fsp3) is 0.250. The molecular weight excluding hydrogens is 336 g/mol. The van der Waals surface area contributed by atoms with Crippen LogP contribution in [0.25, 0.3) is 6.08 Å². The van der Waals surface area contributed by atoms with Gasteiger partial charge in [0.05, 0.1) is 6.10 Å². The van der Waals surface area contributed by atoms with Crippen LogP contribution in [0.2, 0.25) is 0 Å². The number of aliphatic hydroxyl groups excluding tert-OH is 1. The molecule has 2 aromatic carbocycles. The lowest BCUT2D eigenvalue weighted by atomic mass is 9.88. The number of allylic oxidation sites excluding steroid dienone is 1. The molecule has 26 heavy (non-hydrogen) atoms. The van der Waals surface area contributed by atoms with Crippen molar-refractivity contribution in [2.45, 2.75) is 32.0 Å². The van der Waals surface area contributed by atoms with Gasteiger partial charge in [0.25, 0.3) is 0 Å². The number of benzene rings is 2. The molecule has 0 radical (unpaired) electrons. The molecule has 3 rings (SSSR count). The number of aromatic hydroxyl groups is 3. The Morgan fingerprint density at radius 3 is 2.46 bits per heavy atom. The fourth-order valence-electron chi connectivity index (χ4n) is 2.83. The molecule has 6 heteroatoms. The summed E-state index contributed by atoms with van der Waals surface area (Å²) in [6.45, 7) is 3.34. The van der Waals surface area contributed by atoms with Gasteiger partial charge in [-0.3, -0.25) is 4.79 Å². The zero-order valence-corrected chi connectivity index (χ0v) is 14.4. The second-order valence-corrected chi connectivity index (χ2v) is 6.81. The van der Waals surface area contributed by atoms with Crippen molar-refractivity contribution >= 4 is 11.9 Å². The van der Waals surface area contributed by atoms with Crippen LogP contribution in [-0.4, -0.2) is 37.9 Å². The van der Waals surface area contributed by atoms with Crippen molar-refractivity contribution in [1.82, 2.24) is 0 Å². The Labute approximate surface area is 150 Å². The normalized spacial score (nSPS) is 18.3. The highest BCUT2D eigenvalue weighted by atomic mass is 16.5. The van der Waals surface area contributed by atoms with Crippen LogP contribution >= 0.6 is 0 Å². The number of carbonyl (C=O) groups excluding carboxylic acids is 1. The maximum Gasteiger partial charge on any atom is 0.193 e. The number of aliphatic hydroxyl groups is 1. The Morgan fingerprint density at radius 1 is 1.15 bits per heavy atom. The molecule has 1 atom stereocenters. The predicted molar refractivity (Wildman–Crippen MR) is 95.7 cm³/mol. The molecule has 0 fully saturated rings. The predicted octanol–water partition coefficient (Wildman–Crippen LogP) is 2.77. The van der Waals surface area contributed by atoms with Crippen LogP contribution in [0.15, 0.2) is 36.4 Å². The van der Waals surface area contributed by atoms with E-state index in [9.17, 15) is 25.2 Å². The molecule has 0 amide bonds. The first kappa shape index (κ1) is 17.8. The van der Waals surface area contributed by atoms with Gasteiger partial charge in [0.2, 0.25) is 0 Å². The number of rotatable bonds is 3. The zero-order chi connectivity index (χ0) is 19.1. The third-order valence-electron chi connectivity index (χ3n) is 4.47. The summed E-state index contributed by atoms with van der Waals surface area (Å²) in [6.07, 6.45) is 2.07. The van der Waals surface area contributed by atoms with Crippen molar-refractivity contribution in [3.8, 4) is 23.0 Å². The first-order valence-corrected chi connectivity index (χ1v) is 8.15. The number of carbonyl (C=O) groups is 1. The van der Waals surface area contributed by atoms with E-state index in [0.29, 0.717) is 5.56 Å². The molecule has 0 bridgehead atoms. The first-order valence-electron chi connectivity index (χ1n) is 8.15. The molecule has 1 aliphatic rings. The van der Waals surface area contributed by atoms with E-state index in [-0.39, 0.29) is 34.8 Å². The highest BCUT2D eigenvalue weighted by Crippen LogP contribution is 2.44. The SMILES string of the molecule is CC1(C)Oc2c(c(O)cc(O)c2C(=O)/C=C/c2ccc(O)cc2)CC1O. The minimum absolute atomic E-state index is 0.0622. The lowest BCUT2D eigenvalue weighted by molar-refractivity contribution is -0.0421. The molecule has 4 N–H and O–H groups in total. The van der Waals surface area contributed by atoms with E-state index in [1.165, 1.54) is 18.2 Å². The second-order valence-electron chi connectivity index (χ2n) is 6.81. The molecule has 0 spiro atoms. The lowest BCUT2D eigenvalue weighted by Crippen LogP contribution is -2.46. The number of fused-ring (bicyclic) bond motifs is 1. The molecular formula is C20H20O6. The molecule has 1 heterocycles. The van der Waals surface area contributed by atoms with E-state index in [2.05, 4.69) is 0 Å². The topological polar surface area (TPSA) is 107 Å². The van der Waals surface area contributed by atoms with Gasteiger partial charge < -0.3 is 25.2 Å². The summed E-state index contributed by atoms with van der Waals surface area (Å²) < 4.78 is 5.76. The fourth-order valence-corrected chi connectivity index (χ4v) is 2.83. The summed E-state index contributed by atoms with van der Waals surface area (Å²) in [6, 6.07) is 7.35. The van der Waals surface area contributed by atoms with Crippen LogP contribution in [0, 0.1) is 0 Å². The molecule has 1 unspecified atom stereocenters. The summed E-state index contributed by atoms with van der Waals surface area (Å²) >= 11 is 0. The van der Waals surface area contributed by atoms with Gasteiger partial charge in [-0.15, -0.1) is 0 Å². The van der Waals surface area contributed by atoms with Crippen LogP contribution in [0.3, 0.4) is 0 Å². The van der Waals surface area contributed by atoms with E-state index in [4.69, 9.17) is 4.74 Å². The average Bonchev–Trinajstić information content (AvgIpc) is 2.56. The zero-order valence-electron chi connectivity index (χ0n) is 14.4. The van der Waals surface area contributed by atoms with E-state index >= 15 is 0 Å². The van der Waals surface area contributed by atoms with Crippen LogP contribution in [-0.2, 0) is 6.42 Å². The highest BCUT2D eigenvalue weighted by molar-refractivity contribution is 6.11. The van der Waals surface area contributed by atoms with Gasteiger partial charge in [-0.25, -0.2) is 0 Å². The van der Waals surface area contributed by atoms with Gasteiger partial charge in [-0.2, -0.15) is 0 Å². The summed E-state index contributed by atoms with van der Waals surface area (Å²) in [5, 5.41) is 39.7. The second kappa shape index (κ2) is 6.38. The summed E-state index contributed by atoms with van der Waals surface area (Å²) in [5.41, 5.74) is -0.0492. The quantitative estimate of drug-likeness (QED) is 0.498. The molecule has 0 aromatic heterocycles. The van der Waals surface area contributed by atoms with Gasteiger partial charge in [-0.05, 0) is 37.6 Å². The maximum absolute atomic E-state index is 12.7. The summed E-state index contributed by atoms with van der Waals surface area (Å²) in [5.74, 6) is -0.926. The Balaban J connectivity index is 2.01. The highest BCUT2D eigenvalue weighted by Gasteiger charge is 2.39. The third kappa shape index (κ3) is 3.23. The Bertz CT molecular complexity index is 880. The van der Waals surface area contributed by atoms with E-state index in [1.807, 2.05) is 0 Å². The van der Waals surface area contributed by atoms with E-state index in [1.54, 1.807) is 32.1 Å². The van der Waals surface area contributed by atoms with Crippen LogP contribution in [0.1, 0.15) is 35.3 Å². The van der Waals surface area contributed by atoms with Crippen molar-refractivity contribution in [3.05, 3.63) is 53.1 Å². The lowest BCUT2D eigenvalue weighted by Gasteiger charge is -2.38. The van der Waals surface area contributed by atoms with Crippen LogP contribution in [0.4, 0.5) is 0 Å². The smallest absolute Gasteiger partial charge is 0.193 e. The van der Waals surface area contributed by atoms with E-state index < -0.39 is 23.2 Å². The largest absolute Gasteiger partial charge is 0.508 e. The van der Waals surface area contributed by atoms with Crippen LogP contribution < -0.4 is 4.74 Å². The van der Waals surface area contributed by atoms with Gasteiger partial charge in [0.15, 0.2) is 5.78 Å². The molecule has 0 aliphatic carbocycles. The number of hydrogen-bond donors (Lipinski definition) is 4. The summed E-state index contributed by atoms with van der Waals surface area (Å²) in [7, 11) is 0. The average molecular weight is 356 g/mol. The minimum Gasteiger partial charge on any atom is -0.508 e. The number of phenols is 3. The van der Waals surface area contributed by atoms with Crippen molar-refractivity contribution < 1.29 is 30.0 Å². The maximum atomic E-state index is 12.7. The number of ketones is 1. The third-order valence-corrected chi connectivity index (χ3v) is 4.47. The molecule has 6 nitrogen and oxygen atoms in total. The van der Waals surface area contributed by atoms with Crippen molar-refractivity contribution in [3.63, 3.8) is 0 Å². The van der Waals surface area contributed by atoms with Crippen molar-refractivity contribution in [1.29, 1.82) is 0 Å². The van der Waals surface area contributed by atoms with Crippen LogP contribution in [0.5, 0.6) is 23.0 Å². The Morgan fingerprint density at radius 2 is 1.81 bits per heavy atom. The van der Waals surface area contributed by atoms with E-state index in [0.717, 1.165) is 6.07 Å². The Kier molecular flexibility index (Phi) is 4.38. The number of hydrogen-bond acceptors (Lipinski definition) is 6. The van der Waals surface area contributed by atoms with Crippen molar-refractivity contribution in [2.75, 3.05) is 0 Å². The van der Waals surface area contributed by atoms with Gasteiger partial charge >= 0.3 is 0 Å². The molecule has 0 saturated carbocycles. The molecule has 2 aromatic rings. The molecule has 136 valence electrons. The van der Waals surface area contributed by atoms with Crippen molar-refractivity contribution in [2.24, 2.45) is 0 Å². The Hall–Kier alpha value is -2.99. The van der Waals surface area contributed by atoms with Gasteiger partial charge in [-0.1, -0.05) is 18.2 Å². The number of phenolic OH excluding ortho intramolecular Hbond substituents is 3. The molecule has 0 saturated heterocycles. The monoisotopic (exact) mass is 356 g/mol. The summed E-state index contributed by atoms with van der Waals surface area (Å²) in [4.78, 5) is 12.7. The minimum atomic E-state index is -0.969. The van der Waals surface area contributed by atoms with Gasteiger partial charge in [0, 0.05) is 18.1 Å². The molecule has 1 aliphatic heterocycles. The van der Waals surface area contributed by atoms with Gasteiger partial charge in [0.1, 0.15) is 34.2 Å². The number of ether oxygens (including phenoxy) is 1.